The van der Waals surface area contributed by atoms with E-state index in [4.69, 9.17) is 11.6 Å². The van der Waals surface area contributed by atoms with Crippen LogP contribution in [-0.2, 0) is 10.0 Å². The molecule has 1 heterocycles. The summed E-state index contributed by atoms with van der Waals surface area (Å²) in [7, 11) is -4.33. The Morgan fingerprint density at radius 3 is 2.44 bits per heavy atom. The molecule has 0 saturated heterocycles. The summed E-state index contributed by atoms with van der Waals surface area (Å²) < 4.78 is 63.3. The molecule has 0 bridgehead atoms. The highest BCUT2D eigenvalue weighted by atomic mass is 35.5. The fourth-order valence-corrected chi connectivity index (χ4v) is 3.32. The van der Waals surface area contributed by atoms with Crippen LogP contribution in [0.15, 0.2) is 23.4 Å². The maximum atomic E-state index is 12.7. The van der Waals surface area contributed by atoms with Gasteiger partial charge in [0.15, 0.2) is 0 Å². The van der Waals surface area contributed by atoms with Gasteiger partial charge < -0.3 is 0 Å². The molecule has 1 N–H and O–H groups in total. The monoisotopic (exact) mass is 300 g/mol. The number of hydrogen-bond acceptors (Lipinski definition) is 3. The zero-order chi connectivity index (χ0) is 13.6. The maximum Gasteiger partial charge on any atom is 0.407 e. The van der Waals surface area contributed by atoms with E-state index in [0.29, 0.717) is 0 Å². The number of pyridine rings is 1. The Hall–Kier alpha value is -0.860. The number of nitrogens with one attached hydrogen (secondary N) is 1. The summed E-state index contributed by atoms with van der Waals surface area (Å²) in [5.74, 6) is 0. The molecule has 4 nitrogen and oxygen atoms in total. The van der Waals surface area contributed by atoms with E-state index in [-0.39, 0.29) is 17.9 Å². The average Bonchev–Trinajstić information content (AvgIpc) is 2.97. The molecule has 0 aromatic carbocycles. The lowest BCUT2D eigenvalue weighted by atomic mass is 10.3. The second-order valence-electron chi connectivity index (χ2n) is 3.99. The number of rotatable bonds is 3. The fourth-order valence-electron chi connectivity index (χ4n) is 1.44. The summed E-state index contributed by atoms with van der Waals surface area (Å²) in [6, 6.07) is 1.20. The molecule has 1 aliphatic rings. The third kappa shape index (κ3) is 2.32. The van der Waals surface area contributed by atoms with Gasteiger partial charge in [0.2, 0.25) is 10.0 Å². The van der Waals surface area contributed by atoms with Crippen LogP contribution < -0.4 is 4.72 Å². The molecule has 0 radical (unpaired) electrons. The molecule has 0 unspecified atom stereocenters. The van der Waals surface area contributed by atoms with Crippen LogP contribution in [0.25, 0.3) is 0 Å². The second kappa shape index (κ2) is 4.07. The van der Waals surface area contributed by atoms with Crippen molar-refractivity contribution in [2.24, 2.45) is 0 Å². The van der Waals surface area contributed by atoms with Crippen molar-refractivity contribution in [1.29, 1.82) is 0 Å². The summed E-state index contributed by atoms with van der Waals surface area (Å²) in [6.45, 7) is 0. The van der Waals surface area contributed by atoms with Crippen LogP contribution >= 0.6 is 11.6 Å². The van der Waals surface area contributed by atoms with Crippen LogP contribution in [0.4, 0.5) is 13.2 Å². The molecule has 1 fully saturated rings. The average molecular weight is 301 g/mol. The summed E-state index contributed by atoms with van der Waals surface area (Å²) in [4.78, 5) is 3.08. The van der Waals surface area contributed by atoms with E-state index < -0.39 is 26.6 Å². The first-order valence-corrected chi connectivity index (χ1v) is 6.74. The van der Waals surface area contributed by atoms with E-state index >= 15 is 0 Å². The van der Waals surface area contributed by atoms with Crippen molar-refractivity contribution in [2.75, 3.05) is 0 Å². The van der Waals surface area contributed by atoms with Crippen LogP contribution in [0.1, 0.15) is 12.8 Å². The number of halogens is 4. The van der Waals surface area contributed by atoms with Gasteiger partial charge in [0.05, 0.1) is 5.02 Å². The highest BCUT2D eigenvalue weighted by Crippen LogP contribution is 2.49. The van der Waals surface area contributed by atoms with Crippen molar-refractivity contribution in [3.63, 3.8) is 0 Å². The standard InChI is InChI=1S/C9H8ClF3N2O2S/c10-6-1-4-14-5-7(6)18(16,17)15-8(2-3-8)9(11,12)13/h1,4-5,15H,2-3H2. The largest absolute Gasteiger partial charge is 0.407 e. The second-order valence-corrected chi connectivity index (χ2v) is 6.05. The predicted molar refractivity (Wildman–Crippen MR) is 57.6 cm³/mol. The topological polar surface area (TPSA) is 59.1 Å². The van der Waals surface area contributed by atoms with E-state index in [2.05, 4.69) is 4.98 Å². The molecule has 1 aromatic rings. The molecule has 2 rings (SSSR count). The molecule has 1 saturated carbocycles. The van der Waals surface area contributed by atoms with Gasteiger partial charge in [0.1, 0.15) is 10.4 Å². The Morgan fingerprint density at radius 1 is 1.39 bits per heavy atom. The van der Waals surface area contributed by atoms with Crippen LogP contribution in [-0.4, -0.2) is 25.1 Å². The van der Waals surface area contributed by atoms with Gasteiger partial charge >= 0.3 is 6.18 Å². The number of aromatic nitrogens is 1. The molecule has 18 heavy (non-hydrogen) atoms. The quantitative estimate of drug-likeness (QED) is 0.930. The lowest BCUT2D eigenvalue weighted by molar-refractivity contribution is -0.160. The first kappa shape index (κ1) is 13.6. The number of hydrogen-bond donors (Lipinski definition) is 1. The van der Waals surface area contributed by atoms with Crippen LogP contribution in [0.3, 0.4) is 0 Å². The number of nitrogens with zero attached hydrogens (tertiary/aromatic N) is 1. The van der Waals surface area contributed by atoms with E-state index in [1.807, 2.05) is 0 Å². The molecule has 100 valence electrons. The van der Waals surface area contributed by atoms with Crippen molar-refractivity contribution in [3.05, 3.63) is 23.5 Å². The van der Waals surface area contributed by atoms with Crippen LogP contribution in [0.5, 0.6) is 0 Å². The molecule has 0 atom stereocenters. The van der Waals surface area contributed by atoms with Gasteiger partial charge in [-0.3, -0.25) is 4.98 Å². The maximum absolute atomic E-state index is 12.7. The van der Waals surface area contributed by atoms with Gasteiger partial charge in [-0.1, -0.05) is 11.6 Å². The lowest BCUT2D eigenvalue weighted by Gasteiger charge is -2.20. The highest BCUT2D eigenvalue weighted by Gasteiger charge is 2.65. The molecule has 1 aromatic heterocycles. The summed E-state index contributed by atoms with van der Waals surface area (Å²) in [5, 5.41) is -0.171. The number of sulfonamides is 1. The molecule has 1 aliphatic carbocycles. The van der Waals surface area contributed by atoms with Gasteiger partial charge in [0, 0.05) is 12.4 Å². The molecule has 0 spiro atoms. The first-order chi connectivity index (χ1) is 8.18. The normalized spacial score (nSPS) is 18.7. The summed E-state index contributed by atoms with van der Waals surface area (Å²) in [6.07, 6.45) is -2.99. The Bertz CT molecular complexity index is 569. The van der Waals surface area contributed by atoms with Crippen LogP contribution in [0.2, 0.25) is 5.02 Å². The lowest BCUT2D eigenvalue weighted by Crippen LogP contribution is -2.47. The van der Waals surface area contributed by atoms with Crippen molar-refractivity contribution in [3.8, 4) is 0 Å². The highest BCUT2D eigenvalue weighted by molar-refractivity contribution is 7.89. The van der Waals surface area contributed by atoms with Crippen LogP contribution in [0, 0.1) is 0 Å². The first-order valence-electron chi connectivity index (χ1n) is 4.88. The van der Waals surface area contributed by atoms with Gasteiger partial charge in [-0.15, -0.1) is 0 Å². The van der Waals surface area contributed by atoms with E-state index in [1.54, 1.807) is 4.72 Å². The Morgan fingerprint density at radius 2 is 2.00 bits per heavy atom. The number of alkyl halides is 3. The minimum Gasteiger partial charge on any atom is -0.263 e. The van der Waals surface area contributed by atoms with Gasteiger partial charge in [-0.25, -0.2) is 8.42 Å². The summed E-state index contributed by atoms with van der Waals surface area (Å²) in [5.41, 5.74) is -2.36. The minimum absolute atomic E-state index is 0.171. The van der Waals surface area contributed by atoms with E-state index in [9.17, 15) is 21.6 Å². The van der Waals surface area contributed by atoms with Gasteiger partial charge in [-0.05, 0) is 18.9 Å². The molecular weight excluding hydrogens is 293 g/mol. The molecule has 0 amide bonds. The Kier molecular flexibility index (Phi) is 3.07. The Balaban J connectivity index is 2.33. The molecular formula is C9H8ClF3N2O2S. The van der Waals surface area contributed by atoms with Gasteiger partial charge in [-0.2, -0.15) is 17.9 Å². The summed E-state index contributed by atoms with van der Waals surface area (Å²) >= 11 is 5.63. The molecule has 9 heteroatoms. The third-order valence-corrected chi connectivity index (χ3v) is 4.65. The fraction of sp³-hybridized carbons (Fsp3) is 0.444. The Labute approximate surface area is 106 Å². The third-order valence-electron chi connectivity index (χ3n) is 2.65. The van der Waals surface area contributed by atoms with Crippen molar-refractivity contribution in [2.45, 2.75) is 29.5 Å². The van der Waals surface area contributed by atoms with Crippen molar-refractivity contribution in [1.82, 2.24) is 9.71 Å². The zero-order valence-electron chi connectivity index (χ0n) is 8.83. The van der Waals surface area contributed by atoms with Gasteiger partial charge in [0.25, 0.3) is 0 Å². The van der Waals surface area contributed by atoms with Crippen molar-refractivity contribution >= 4 is 21.6 Å². The van der Waals surface area contributed by atoms with Crippen molar-refractivity contribution < 1.29 is 21.6 Å². The SMILES string of the molecule is O=S(=O)(NC1(C(F)(F)F)CC1)c1cnccc1Cl. The minimum atomic E-state index is -4.62. The zero-order valence-corrected chi connectivity index (χ0v) is 10.4. The van der Waals surface area contributed by atoms with E-state index in [1.165, 1.54) is 12.3 Å². The smallest absolute Gasteiger partial charge is 0.263 e. The predicted octanol–water partition coefficient (Wildman–Crippen LogP) is 2.11. The molecule has 0 aliphatic heterocycles. The van der Waals surface area contributed by atoms with E-state index in [0.717, 1.165) is 6.20 Å².